The molecule has 0 bridgehead atoms. The maximum Gasteiger partial charge on any atom is 0.472 e. The van der Waals surface area contributed by atoms with E-state index in [0.717, 1.165) is 115 Å². The summed E-state index contributed by atoms with van der Waals surface area (Å²) in [5.74, 6) is 0.833. The van der Waals surface area contributed by atoms with Gasteiger partial charge in [0, 0.05) is 25.7 Å². The molecule has 522 valence electrons. The molecule has 0 rings (SSSR count). The minimum absolute atomic E-state index is 0.104. The second-order valence-corrected chi connectivity index (χ2v) is 29.5. The van der Waals surface area contributed by atoms with Crippen LogP contribution in [0.2, 0.25) is 0 Å². The molecular formula is C69H134O17P2. The second-order valence-electron chi connectivity index (χ2n) is 26.6. The molecule has 4 unspecified atom stereocenters. The summed E-state index contributed by atoms with van der Waals surface area (Å²) >= 11 is 0. The number of phosphoric acid groups is 2. The van der Waals surface area contributed by atoms with Crippen molar-refractivity contribution in [3.05, 3.63) is 0 Å². The molecular weight excluding hydrogens is 1160 g/mol. The Morgan fingerprint density at radius 1 is 0.318 bits per heavy atom. The molecule has 0 aliphatic carbocycles. The van der Waals surface area contributed by atoms with Crippen molar-refractivity contribution in [2.75, 3.05) is 39.6 Å². The molecule has 0 aliphatic rings. The van der Waals surface area contributed by atoms with Crippen LogP contribution in [0.4, 0.5) is 0 Å². The number of esters is 4. The molecule has 6 atom stereocenters. The number of hydrogen-bond acceptors (Lipinski definition) is 15. The summed E-state index contributed by atoms with van der Waals surface area (Å²) in [6, 6.07) is 0. The highest BCUT2D eigenvalue weighted by Crippen LogP contribution is 2.45. The number of hydrogen-bond donors (Lipinski definition) is 3. The third kappa shape index (κ3) is 61.6. The molecule has 0 aromatic heterocycles. The Labute approximate surface area is 537 Å². The molecule has 3 N–H and O–H groups in total. The van der Waals surface area contributed by atoms with Gasteiger partial charge in [-0.25, -0.2) is 9.13 Å². The third-order valence-corrected chi connectivity index (χ3v) is 18.1. The van der Waals surface area contributed by atoms with Crippen molar-refractivity contribution >= 4 is 39.5 Å². The fourth-order valence-corrected chi connectivity index (χ4v) is 11.9. The monoisotopic (exact) mass is 1300 g/mol. The molecule has 0 radical (unpaired) electrons. The first-order valence-electron chi connectivity index (χ1n) is 35.7. The number of phosphoric ester groups is 2. The highest BCUT2D eigenvalue weighted by Gasteiger charge is 2.30. The number of unbranched alkanes of at least 4 members (excludes halogenated alkanes) is 31. The van der Waals surface area contributed by atoms with Crippen molar-refractivity contribution < 1.29 is 80.2 Å². The lowest BCUT2D eigenvalue weighted by Crippen LogP contribution is -2.30. The zero-order chi connectivity index (χ0) is 65.4. The average Bonchev–Trinajstić information content (AvgIpc) is 3.69. The molecule has 0 aromatic rings. The number of carbonyl (C=O) groups is 4. The van der Waals surface area contributed by atoms with Gasteiger partial charge in [-0.2, -0.15) is 0 Å². The molecule has 0 saturated carbocycles. The van der Waals surface area contributed by atoms with E-state index in [1.807, 2.05) is 0 Å². The van der Waals surface area contributed by atoms with Gasteiger partial charge in [-0.05, 0) is 49.4 Å². The standard InChI is InChI=1S/C69H134O17P2/c1-9-62(8)48-40-32-24-17-18-26-36-44-52-69(74)86-65(56-80-67(72)50-42-34-28-20-23-31-39-47-61(6)7)58-84-88(77,78)82-54-63(70)53-81-87(75,76)83-57-64(55-79-66(71)49-41-33-27-19-22-30-38-46-60(4)5)85-68(73)51-43-35-25-16-14-12-10-11-13-15-21-29-37-45-59(2)3/h59-65,70H,9-58H2,1-8H3,(H,75,76)(H,77,78)/t62?,63?,64-,65-/m1/s1. The number of aliphatic hydroxyl groups excluding tert-OH is 1. The zero-order valence-corrected chi connectivity index (χ0v) is 59.1. The van der Waals surface area contributed by atoms with Gasteiger partial charge in [0.25, 0.3) is 0 Å². The van der Waals surface area contributed by atoms with E-state index < -0.39 is 97.5 Å². The van der Waals surface area contributed by atoms with Crippen LogP contribution in [0.5, 0.6) is 0 Å². The largest absolute Gasteiger partial charge is 0.472 e. The van der Waals surface area contributed by atoms with Crippen LogP contribution in [0, 0.1) is 23.7 Å². The van der Waals surface area contributed by atoms with Crippen molar-refractivity contribution in [1.29, 1.82) is 0 Å². The van der Waals surface area contributed by atoms with Gasteiger partial charge in [-0.1, -0.05) is 287 Å². The zero-order valence-electron chi connectivity index (χ0n) is 57.3. The van der Waals surface area contributed by atoms with Gasteiger partial charge in [0.05, 0.1) is 26.4 Å². The van der Waals surface area contributed by atoms with Crippen LogP contribution < -0.4 is 0 Å². The van der Waals surface area contributed by atoms with E-state index in [9.17, 15) is 43.2 Å². The topological polar surface area (TPSA) is 237 Å². The highest BCUT2D eigenvalue weighted by molar-refractivity contribution is 7.47. The summed E-state index contributed by atoms with van der Waals surface area (Å²) in [6.07, 6.45) is 40.4. The van der Waals surface area contributed by atoms with Crippen LogP contribution in [0.15, 0.2) is 0 Å². The Hall–Kier alpha value is -1.94. The van der Waals surface area contributed by atoms with Gasteiger partial charge < -0.3 is 33.8 Å². The van der Waals surface area contributed by atoms with Gasteiger partial charge >= 0.3 is 39.5 Å². The molecule has 0 aromatic carbocycles. The molecule has 0 amide bonds. The van der Waals surface area contributed by atoms with Gasteiger partial charge in [0.1, 0.15) is 19.3 Å². The van der Waals surface area contributed by atoms with E-state index >= 15 is 0 Å². The molecule has 0 spiro atoms. The first kappa shape index (κ1) is 86.1. The predicted molar refractivity (Wildman–Crippen MR) is 354 cm³/mol. The van der Waals surface area contributed by atoms with E-state index in [1.165, 1.54) is 128 Å². The first-order valence-corrected chi connectivity index (χ1v) is 38.7. The molecule has 0 heterocycles. The number of ether oxygens (including phenoxy) is 4. The van der Waals surface area contributed by atoms with Gasteiger partial charge in [-0.15, -0.1) is 0 Å². The summed E-state index contributed by atoms with van der Waals surface area (Å²) in [5.41, 5.74) is 0. The second kappa shape index (κ2) is 58.8. The highest BCUT2D eigenvalue weighted by atomic mass is 31.2. The van der Waals surface area contributed by atoms with Gasteiger partial charge in [0.15, 0.2) is 12.2 Å². The van der Waals surface area contributed by atoms with Gasteiger partial charge in [-0.3, -0.25) is 37.3 Å². The lowest BCUT2D eigenvalue weighted by atomic mass is 9.99. The lowest BCUT2D eigenvalue weighted by molar-refractivity contribution is -0.161. The van der Waals surface area contributed by atoms with Crippen molar-refractivity contribution in [2.45, 2.75) is 356 Å². The smallest absolute Gasteiger partial charge is 0.462 e. The van der Waals surface area contributed by atoms with Crippen molar-refractivity contribution in [2.24, 2.45) is 23.7 Å². The molecule has 17 nitrogen and oxygen atoms in total. The Morgan fingerprint density at radius 2 is 0.545 bits per heavy atom. The van der Waals surface area contributed by atoms with E-state index in [1.54, 1.807) is 0 Å². The quantitative estimate of drug-likeness (QED) is 0.0222. The van der Waals surface area contributed by atoms with Crippen LogP contribution in [0.1, 0.15) is 338 Å². The maximum absolute atomic E-state index is 13.0. The van der Waals surface area contributed by atoms with Crippen LogP contribution in [0.3, 0.4) is 0 Å². The summed E-state index contributed by atoms with van der Waals surface area (Å²) in [5, 5.41) is 10.6. The van der Waals surface area contributed by atoms with Crippen LogP contribution >= 0.6 is 15.6 Å². The summed E-state index contributed by atoms with van der Waals surface area (Å²) in [4.78, 5) is 72.5. The van der Waals surface area contributed by atoms with E-state index in [-0.39, 0.29) is 25.7 Å². The SMILES string of the molecule is CCC(C)CCCCCCCCCCC(=O)O[C@H](COC(=O)CCCCCCCCCC(C)C)COP(=O)(O)OCC(O)COP(=O)(O)OC[C@@H](COC(=O)CCCCCCCCCC(C)C)OC(=O)CCCCCCCCCCCCCCCC(C)C. The van der Waals surface area contributed by atoms with Gasteiger partial charge in [0.2, 0.25) is 0 Å². The number of carbonyl (C=O) groups excluding carboxylic acids is 4. The van der Waals surface area contributed by atoms with E-state index in [0.29, 0.717) is 37.5 Å². The maximum atomic E-state index is 13.0. The predicted octanol–water partition coefficient (Wildman–Crippen LogP) is 19.3. The van der Waals surface area contributed by atoms with Crippen LogP contribution in [-0.4, -0.2) is 96.7 Å². The van der Waals surface area contributed by atoms with E-state index in [2.05, 4.69) is 55.4 Å². The summed E-state index contributed by atoms with van der Waals surface area (Å²) in [6.45, 7) is 14.0. The minimum Gasteiger partial charge on any atom is -0.462 e. The van der Waals surface area contributed by atoms with Crippen molar-refractivity contribution in [1.82, 2.24) is 0 Å². The molecule has 88 heavy (non-hydrogen) atoms. The average molecular weight is 1300 g/mol. The van der Waals surface area contributed by atoms with Crippen molar-refractivity contribution in [3.63, 3.8) is 0 Å². The number of rotatable bonds is 66. The molecule has 0 saturated heterocycles. The minimum atomic E-state index is -4.95. The molecule has 0 fully saturated rings. The lowest BCUT2D eigenvalue weighted by Gasteiger charge is -2.21. The molecule has 19 heteroatoms. The van der Waals surface area contributed by atoms with Crippen molar-refractivity contribution in [3.8, 4) is 0 Å². The fraction of sp³-hybridized carbons (Fsp3) is 0.942. The van der Waals surface area contributed by atoms with E-state index in [4.69, 9.17) is 37.0 Å². The van der Waals surface area contributed by atoms with Crippen LogP contribution in [-0.2, 0) is 65.4 Å². The fourth-order valence-electron chi connectivity index (χ4n) is 10.3. The van der Waals surface area contributed by atoms with Crippen LogP contribution in [0.25, 0.3) is 0 Å². The Bertz CT molecular complexity index is 1750. The molecule has 0 aliphatic heterocycles. The number of aliphatic hydroxyl groups is 1. The first-order chi connectivity index (χ1) is 42.1. The Kier molecular flexibility index (Phi) is 57.6. The Balaban J connectivity index is 5.24. The summed E-state index contributed by atoms with van der Waals surface area (Å²) in [7, 11) is -9.90. The Morgan fingerprint density at radius 3 is 0.807 bits per heavy atom. The summed E-state index contributed by atoms with van der Waals surface area (Å²) < 4.78 is 68.2. The third-order valence-electron chi connectivity index (χ3n) is 16.2. The normalized spacial score (nSPS) is 14.6.